The molecule has 0 radical (unpaired) electrons. The Balaban J connectivity index is 6.03. The molecule has 0 saturated carbocycles. The van der Waals surface area contributed by atoms with Crippen LogP contribution in [0.5, 0.6) is 0 Å². The number of hydrogen-bond acceptors (Lipinski definition) is 5. The van der Waals surface area contributed by atoms with Gasteiger partial charge in [0.1, 0.15) is 5.60 Å². The third kappa shape index (κ3) is 23.7. The van der Waals surface area contributed by atoms with E-state index >= 15 is 0 Å². The molecule has 0 bridgehead atoms. The van der Waals surface area contributed by atoms with Gasteiger partial charge in [0.15, 0.2) is 16.6 Å². The first kappa shape index (κ1) is 48.6. The third-order valence-electron chi connectivity index (χ3n) is 10.8. The number of amides is 1. The van der Waals surface area contributed by atoms with E-state index in [1.54, 1.807) is 0 Å². The van der Waals surface area contributed by atoms with E-state index in [-0.39, 0.29) is 28.4 Å². The Hall–Kier alpha value is -0.416. The first-order valence-electron chi connectivity index (χ1n) is 20.6. The Morgan fingerprint density at radius 1 is 0.592 bits per heavy atom. The zero-order chi connectivity index (χ0) is 37.8. The SMILES string of the molecule is CCCCCCCCC(CN(CCCCNC(=O)OC(C)(C)C)CC(CCCCCCCC)O[Si](C)(C)C(C)(C)C)O[Si](C)(C)C(C)(C)C. The monoisotopic (exact) mass is 729 g/mol. The van der Waals surface area contributed by atoms with E-state index in [1.165, 1.54) is 77.0 Å². The summed E-state index contributed by atoms with van der Waals surface area (Å²) >= 11 is 0. The van der Waals surface area contributed by atoms with E-state index in [0.29, 0.717) is 6.54 Å². The summed E-state index contributed by atoms with van der Waals surface area (Å²) in [6, 6.07) is 0. The van der Waals surface area contributed by atoms with Gasteiger partial charge in [-0.3, -0.25) is 4.90 Å². The number of nitrogens with zero attached hydrogens (tertiary/aromatic N) is 1. The highest BCUT2D eigenvalue weighted by molar-refractivity contribution is 6.74. The van der Waals surface area contributed by atoms with Gasteiger partial charge in [0, 0.05) is 19.6 Å². The summed E-state index contributed by atoms with van der Waals surface area (Å²) in [6.07, 6.45) is 20.0. The van der Waals surface area contributed by atoms with E-state index in [2.05, 4.69) is 91.8 Å². The number of alkyl carbamates (subject to hydrolysis) is 1. The second-order valence-electron chi connectivity index (χ2n) is 19.0. The van der Waals surface area contributed by atoms with Crippen LogP contribution in [-0.2, 0) is 13.6 Å². The molecular formula is C41H88N2O4Si2. The van der Waals surface area contributed by atoms with Gasteiger partial charge in [-0.1, -0.05) is 132 Å². The van der Waals surface area contributed by atoms with Crippen LogP contribution in [0.4, 0.5) is 4.79 Å². The predicted octanol–water partition coefficient (Wildman–Crippen LogP) is 12.9. The van der Waals surface area contributed by atoms with Gasteiger partial charge in [-0.25, -0.2) is 4.79 Å². The predicted molar refractivity (Wildman–Crippen MR) is 220 cm³/mol. The molecule has 6 nitrogen and oxygen atoms in total. The first-order chi connectivity index (χ1) is 22.5. The normalized spacial score (nSPS) is 14.7. The van der Waals surface area contributed by atoms with Gasteiger partial charge in [0.2, 0.25) is 0 Å². The van der Waals surface area contributed by atoms with E-state index in [9.17, 15) is 4.79 Å². The number of ether oxygens (including phenoxy) is 1. The number of rotatable bonds is 27. The maximum absolute atomic E-state index is 12.3. The lowest BCUT2D eigenvalue weighted by atomic mass is 10.1. The van der Waals surface area contributed by atoms with Crippen LogP contribution in [0, 0.1) is 0 Å². The second kappa shape index (κ2) is 24.0. The number of carbonyl (C=O) groups excluding carboxylic acids is 1. The molecule has 1 amide bonds. The van der Waals surface area contributed by atoms with Crippen molar-refractivity contribution < 1.29 is 18.4 Å². The topological polar surface area (TPSA) is 60.0 Å². The molecule has 0 aromatic rings. The molecule has 0 spiro atoms. The maximum Gasteiger partial charge on any atom is 0.407 e. The minimum Gasteiger partial charge on any atom is -0.444 e. The Morgan fingerprint density at radius 2 is 0.980 bits per heavy atom. The third-order valence-corrected chi connectivity index (χ3v) is 19.9. The van der Waals surface area contributed by atoms with Crippen LogP contribution in [-0.4, -0.2) is 71.6 Å². The number of unbranched alkanes of at least 4 members (excludes halogenated alkanes) is 11. The van der Waals surface area contributed by atoms with Crippen molar-refractivity contribution in [3.63, 3.8) is 0 Å². The molecule has 8 heteroatoms. The fourth-order valence-electron chi connectivity index (χ4n) is 5.66. The molecule has 0 rings (SSSR count). The fourth-order valence-corrected chi connectivity index (χ4v) is 8.42. The highest BCUT2D eigenvalue weighted by Gasteiger charge is 2.41. The summed E-state index contributed by atoms with van der Waals surface area (Å²) < 4.78 is 19.9. The fraction of sp³-hybridized carbons (Fsp3) is 0.976. The molecule has 1 N–H and O–H groups in total. The summed E-state index contributed by atoms with van der Waals surface area (Å²) in [7, 11) is -3.89. The second-order valence-corrected chi connectivity index (χ2v) is 28.5. The molecule has 49 heavy (non-hydrogen) atoms. The van der Waals surface area contributed by atoms with Crippen LogP contribution in [0.15, 0.2) is 0 Å². The van der Waals surface area contributed by atoms with Crippen molar-refractivity contribution in [2.75, 3.05) is 26.2 Å². The lowest BCUT2D eigenvalue weighted by Crippen LogP contribution is -2.50. The molecule has 0 aromatic heterocycles. The van der Waals surface area contributed by atoms with Crippen LogP contribution in [0.1, 0.15) is 179 Å². The molecule has 2 unspecified atom stereocenters. The van der Waals surface area contributed by atoms with Crippen molar-refractivity contribution in [2.45, 2.75) is 233 Å². The average molecular weight is 729 g/mol. The van der Waals surface area contributed by atoms with E-state index < -0.39 is 22.2 Å². The van der Waals surface area contributed by atoms with Crippen molar-refractivity contribution in [1.29, 1.82) is 0 Å². The average Bonchev–Trinajstić information content (AvgIpc) is 2.93. The molecule has 0 aliphatic rings. The Labute approximate surface area is 309 Å². The van der Waals surface area contributed by atoms with Gasteiger partial charge >= 0.3 is 6.09 Å². The van der Waals surface area contributed by atoms with Crippen LogP contribution in [0.2, 0.25) is 36.3 Å². The zero-order valence-corrected chi connectivity index (χ0v) is 37.9. The number of hydrogen-bond donors (Lipinski definition) is 1. The lowest BCUT2D eigenvalue weighted by molar-refractivity contribution is 0.0525. The molecule has 2 atom stereocenters. The summed E-state index contributed by atoms with van der Waals surface area (Å²) in [5, 5.41) is 3.32. The van der Waals surface area contributed by atoms with Crippen LogP contribution < -0.4 is 5.32 Å². The summed E-state index contributed by atoms with van der Waals surface area (Å²) in [6.45, 7) is 37.6. The van der Waals surface area contributed by atoms with Crippen molar-refractivity contribution in [1.82, 2.24) is 10.2 Å². The summed E-state index contributed by atoms with van der Waals surface area (Å²) in [5.41, 5.74) is -0.481. The van der Waals surface area contributed by atoms with Crippen LogP contribution in [0.3, 0.4) is 0 Å². The van der Waals surface area contributed by atoms with Crippen LogP contribution in [0.25, 0.3) is 0 Å². The standard InChI is InChI=1S/C41H88N2O4Si2/c1-16-18-20-22-24-26-30-36(46-48(12,13)40(6,7)8)34-43(33-29-28-32-42-38(44)45-39(3,4)5)35-37(31-27-25-23-21-19-17-2)47-49(14,15)41(9,10)11/h36-37H,16-35H2,1-15H3,(H,42,44). The first-order valence-corrected chi connectivity index (χ1v) is 26.4. The quantitative estimate of drug-likeness (QED) is 0.0674. The van der Waals surface area contributed by atoms with Gasteiger partial charge in [0.05, 0.1) is 12.2 Å². The van der Waals surface area contributed by atoms with Gasteiger partial charge in [0.25, 0.3) is 0 Å². The van der Waals surface area contributed by atoms with Crippen molar-refractivity contribution in [2.24, 2.45) is 0 Å². The largest absolute Gasteiger partial charge is 0.444 e. The summed E-state index contributed by atoms with van der Waals surface area (Å²) in [5.74, 6) is 0. The van der Waals surface area contributed by atoms with Crippen molar-refractivity contribution in [3.8, 4) is 0 Å². The van der Waals surface area contributed by atoms with E-state index in [4.69, 9.17) is 13.6 Å². The maximum atomic E-state index is 12.3. The smallest absolute Gasteiger partial charge is 0.407 e. The Kier molecular flexibility index (Phi) is 23.8. The number of carbonyl (C=O) groups is 1. The van der Waals surface area contributed by atoms with Crippen molar-refractivity contribution >= 4 is 22.7 Å². The molecule has 0 aliphatic heterocycles. The minimum absolute atomic E-state index is 0.177. The highest BCUT2D eigenvalue weighted by Crippen LogP contribution is 2.39. The molecule has 0 aromatic carbocycles. The van der Waals surface area contributed by atoms with Crippen molar-refractivity contribution in [3.05, 3.63) is 0 Å². The van der Waals surface area contributed by atoms with Gasteiger partial charge in [-0.15, -0.1) is 0 Å². The number of nitrogens with one attached hydrogen (secondary N) is 1. The molecular weight excluding hydrogens is 641 g/mol. The minimum atomic E-state index is -1.94. The lowest BCUT2D eigenvalue weighted by Gasteiger charge is -2.42. The molecule has 0 saturated heterocycles. The zero-order valence-electron chi connectivity index (χ0n) is 35.9. The van der Waals surface area contributed by atoms with Gasteiger partial charge in [-0.2, -0.15) is 0 Å². The molecule has 0 heterocycles. The molecule has 0 fully saturated rings. The molecule has 294 valence electrons. The Morgan fingerprint density at radius 3 is 1.35 bits per heavy atom. The Bertz CT molecular complexity index is 796. The van der Waals surface area contributed by atoms with Gasteiger partial charge in [-0.05, 0) is 89.3 Å². The summed E-state index contributed by atoms with van der Waals surface area (Å²) in [4.78, 5) is 14.9. The van der Waals surface area contributed by atoms with Gasteiger partial charge < -0.3 is 18.9 Å². The van der Waals surface area contributed by atoms with E-state index in [0.717, 1.165) is 45.3 Å². The highest BCUT2D eigenvalue weighted by atomic mass is 28.4. The van der Waals surface area contributed by atoms with Crippen LogP contribution >= 0.6 is 0 Å². The molecule has 0 aliphatic carbocycles. The van der Waals surface area contributed by atoms with E-state index in [1.807, 2.05) is 20.8 Å².